The molecule has 5 heteroatoms. The van der Waals surface area contributed by atoms with E-state index in [1.165, 1.54) is 0 Å². The maximum absolute atomic E-state index is 6.04. The number of nitrogens with zero attached hydrogens (tertiary/aromatic N) is 2. The zero-order valence-corrected chi connectivity index (χ0v) is 12.2. The molecule has 0 saturated carbocycles. The van der Waals surface area contributed by atoms with Gasteiger partial charge in [0.15, 0.2) is 5.82 Å². The average molecular weight is 302 g/mol. The Kier molecular flexibility index (Phi) is 4.10. The number of benzene rings is 1. The first-order chi connectivity index (χ1) is 8.47. The molecule has 0 aliphatic heterocycles. The second-order valence-corrected chi connectivity index (χ2v) is 5.54. The molecule has 0 spiro atoms. The predicted octanol–water partition coefficient (Wildman–Crippen LogP) is 5.06. The van der Waals surface area contributed by atoms with Crippen LogP contribution in [0.3, 0.4) is 0 Å². The predicted molar refractivity (Wildman–Crippen MR) is 76.5 cm³/mol. The smallest absolute Gasteiger partial charge is 0.159 e. The fourth-order valence-corrected chi connectivity index (χ4v) is 2.43. The van der Waals surface area contributed by atoms with Crippen molar-refractivity contribution in [2.24, 2.45) is 0 Å². The van der Waals surface area contributed by atoms with Gasteiger partial charge in [-0.3, -0.25) is 0 Å². The summed E-state index contributed by atoms with van der Waals surface area (Å²) in [5.41, 5.74) is 2.58. The lowest BCUT2D eigenvalue weighted by Crippen LogP contribution is -1.98. The Bertz CT molecular complexity index is 562. The van der Waals surface area contributed by atoms with Gasteiger partial charge in [-0.1, -0.05) is 23.2 Å². The lowest BCUT2D eigenvalue weighted by molar-refractivity contribution is 0.976. The van der Waals surface area contributed by atoms with Gasteiger partial charge in [0.05, 0.1) is 5.38 Å². The summed E-state index contributed by atoms with van der Waals surface area (Å²) >= 11 is 18.0. The Morgan fingerprint density at radius 3 is 2.22 bits per heavy atom. The summed E-state index contributed by atoms with van der Waals surface area (Å²) in [5, 5.41) is 1.02. The monoisotopic (exact) mass is 300 g/mol. The number of aromatic nitrogens is 2. The van der Waals surface area contributed by atoms with Crippen LogP contribution >= 0.6 is 34.8 Å². The van der Waals surface area contributed by atoms with Crippen LogP contribution < -0.4 is 0 Å². The number of aryl methyl sites for hydroxylation is 1. The van der Waals surface area contributed by atoms with Crippen LogP contribution in [0, 0.1) is 6.92 Å². The molecule has 1 aromatic carbocycles. The van der Waals surface area contributed by atoms with Gasteiger partial charge in [0, 0.05) is 33.1 Å². The minimum Gasteiger partial charge on any atom is -0.236 e. The first-order valence-electron chi connectivity index (χ1n) is 5.41. The molecule has 1 unspecified atom stereocenters. The van der Waals surface area contributed by atoms with Crippen LogP contribution in [-0.4, -0.2) is 9.97 Å². The van der Waals surface area contributed by atoms with Crippen LogP contribution in [-0.2, 0) is 0 Å². The molecule has 0 amide bonds. The van der Waals surface area contributed by atoms with Gasteiger partial charge in [-0.25, -0.2) is 9.97 Å². The van der Waals surface area contributed by atoms with Crippen molar-refractivity contribution < 1.29 is 0 Å². The molecule has 94 valence electrons. The summed E-state index contributed by atoms with van der Waals surface area (Å²) in [6, 6.07) is 5.24. The van der Waals surface area contributed by atoms with Gasteiger partial charge in [0.1, 0.15) is 0 Å². The van der Waals surface area contributed by atoms with E-state index >= 15 is 0 Å². The van der Waals surface area contributed by atoms with Gasteiger partial charge < -0.3 is 0 Å². The van der Waals surface area contributed by atoms with Gasteiger partial charge in [-0.2, -0.15) is 0 Å². The van der Waals surface area contributed by atoms with Crippen molar-refractivity contribution >= 4 is 34.8 Å². The van der Waals surface area contributed by atoms with E-state index in [2.05, 4.69) is 9.97 Å². The van der Waals surface area contributed by atoms with E-state index in [-0.39, 0.29) is 5.38 Å². The molecule has 0 fully saturated rings. The third kappa shape index (κ3) is 2.94. The largest absolute Gasteiger partial charge is 0.236 e. The highest BCUT2D eigenvalue weighted by atomic mass is 35.5. The topological polar surface area (TPSA) is 25.8 Å². The summed E-state index contributed by atoms with van der Waals surface area (Å²) in [6.07, 6.45) is 1.74. The van der Waals surface area contributed by atoms with Crippen molar-refractivity contribution in [1.29, 1.82) is 0 Å². The Balaban J connectivity index is 2.48. The number of hydrogen-bond donors (Lipinski definition) is 0. The Morgan fingerprint density at radius 2 is 1.72 bits per heavy atom. The maximum Gasteiger partial charge on any atom is 0.159 e. The third-order valence-corrected chi connectivity index (χ3v) is 3.24. The third-order valence-electron chi connectivity index (χ3n) is 2.57. The van der Waals surface area contributed by atoms with Crippen molar-refractivity contribution in [1.82, 2.24) is 9.97 Å². The highest BCUT2D eigenvalue weighted by Gasteiger charge is 2.10. The molecule has 0 aliphatic carbocycles. The van der Waals surface area contributed by atoms with Crippen molar-refractivity contribution in [2.45, 2.75) is 19.2 Å². The van der Waals surface area contributed by atoms with E-state index in [1.54, 1.807) is 24.4 Å². The van der Waals surface area contributed by atoms with E-state index in [0.717, 1.165) is 16.8 Å². The van der Waals surface area contributed by atoms with Crippen LogP contribution in [0.5, 0.6) is 0 Å². The second kappa shape index (κ2) is 5.43. The molecule has 2 aromatic rings. The van der Waals surface area contributed by atoms with Crippen LogP contribution in [0.1, 0.15) is 23.6 Å². The molecular formula is C13H11Cl3N2. The van der Waals surface area contributed by atoms with Crippen LogP contribution in [0.2, 0.25) is 10.0 Å². The van der Waals surface area contributed by atoms with Gasteiger partial charge in [0.2, 0.25) is 0 Å². The normalized spacial score (nSPS) is 12.5. The molecular weight excluding hydrogens is 291 g/mol. The molecule has 0 N–H and O–H groups in total. The van der Waals surface area contributed by atoms with Crippen molar-refractivity contribution in [3.63, 3.8) is 0 Å². The molecule has 1 atom stereocenters. The summed E-state index contributed by atoms with van der Waals surface area (Å²) in [6.45, 7) is 3.80. The van der Waals surface area contributed by atoms with Gasteiger partial charge in [0.25, 0.3) is 0 Å². The summed E-state index contributed by atoms with van der Waals surface area (Å²) in [5.74, 6) is 0.595. The van der Waals surface area contributed by atoms with E-state index in [4.69, 9.17) is 34.8 Å². The molecule has 0 saturated heterocycles. The lowest BCUT2D eigenvalue weighted by atomic mass is 10.1. The zero-order chi connectivity index (χ0) is 13.3. The number of halogens is 3. The van der Waals surface area contributed by atoms with Crippen LogP contribution in [0.4, 0.5) is 0 Å². The minimum atomic E-state index is -0.109. The molecule has 2 rings (SSSR count). The summed E-state index contributed by atoms with van der Waals surface area (Å²) in [7, 11) is 0. The highest BCUT2D eigenvalue weighted by Crippen LogP contribution is 2.27. The molecule has 18 heavy (non-hydrogen) atoms. The van der Waals surface area contributed by atoms with Gasteiger partial charge in [-0.05, 0) is 32.0 Å². The standard InChI is InChI=1S/C13H11Cl3N2/c1-7(14)12-6-17-13(18-8(12)2)9-3-10(15)5-11(16)4-9/h3-7H,1-2H3. The van der Waals surface area contributed by atoms with Crippen LogP contribution in [0.15, 0.2) is 24.4 Å². The van der Waals surface area contributed by atoms with Crippen molar-refractivity contribution in [3.05, 3.63) is 45.7 Å². The molecule has 1 heterocycles. The van der Waals surface area contributed by atoms with Gasteiger partial charge in [-0.15, -0.1) is 11.6 Å². The number of hydrogen-bond acceptors (Lipinski definition) is 2. The highest BCUT2D eigenvalue weighted by molar-refractivity contribution is 6.35. The summed E-state index contributed by atoms with van der Waals surface area (Å²) < 4.78 is 0. The van der Waals surface area contributed by atoms with E-state index in [9.17, 15) is 0 Å². The number of rotatable bonds is 2. The summed E-state index contributed by atoms with van der Waals surface area (Å²) in [4.78, 5) is 8.73. The zero-order valence-electron chi connectivity index (χ0n) is 9.92. The fraction of sp³-hybridized carbons (Fsp3) is 0.231. The molecule has 0 bridgehead atoms. The SMILES string of the molecule is Cc1nc(-c2cc(Cl)cc(Cl)c2)ncc1C(C)Cl. The van der Waals surface area contributed by atoms with Crippen molar-refractivity contribution in [3.8, 4) is 11.4 Å². The van der Waals surface area contributed by atoms with Crippen molar-refractivity contribution in [2.75, 3.05) is 0 Å². The minimum absolute atomic E-state index is 0.109. The Morgan fingerprint density at radius 1 is 1.11 bits per heavy atom. The van der Waals surface area contributed by atoms with E-state index < -0.39 is 0 Å². The van der Waals surface area contributed by atoms with Gasteiger partial charge >= 0.3 is 0 Å². The molecule has 1 aromatic heterocycles. The Hall–Kier alpha value is -0.830. The Labute approximate surface area is 121 Å². The fourth-order valence-electron chi connectivity index (χ4n) is 1.69. The molecule has 0 aliphatic rings. The van der Waals surface area contributed by atoms with E-state index in [1.807, 2.05) is 13.8 Å². The van der Waals surface area contributed by atoms with Crippen LogP contribution in [0.25, 0.3) is 11.4 Å². The molecule has 2 nitrogen and oxygen atoms in total. The second-order valence-electron chi connectivity index (χ2n) is 4.01. The lowest BCUT2D eigenvalue weighted by Gasteiger charge is -2.09. The average Bonchev–Trinajstić information content (AvgIpc) is 2.26. The number of alkyl halides is 1. The first kappa shape index (κ1) is 13.6. The van der Waals surface area contributed by atoms with E-state index in [0.29, 0.717) is 15.9 Å². The quantitative estimate of drug-likeness (QED) is 0.725. The first-order valence-corrected chi connectivity index (χ1v) is 6.60. The maximum atomic E-state index is 6.04. The molecule has 0 radical (unpaired) electrons.